The van der Waals surface area contributed by atoms with Crippen LogP contribution in [0.25, 0.3) is 0 Å². The first-order valence-corrected chi connectivity index (χ1v) is 7.21. The zero-order valence-electron chi connectivity index (χ0n) is 12.5. The number of aromatic hydroxyl groups is 1. The highest BCUT2D eigenvalue weighted by Gasteiger charge is 2.12. The van der Waals surface area contributed by atoms with E-state index in [1.807, 2.05) is 0 Å². The van der Waals surface area contributed by atoms with Gasteiger partial charge in [-0.2, -0.15) is 0 Å². The molecule has 22 heavy (non-hydrogen) atoms. The Bertz CT molecular complexity index is 676. The number of methoxy groups -OCH3 is 3. The molecule has 0 aliphatic heterocycles. The second-order valence-corrected chi connectivity index (χ2v) is 5.26. The Kier molecular flexibility index (Phi) is 5.27. The Labute approximate surface area is 137 Å². The largest absolute Gasteiger partial charge is 0.507 e. The summed E-state index contributed by atoms with van der Waals surface area (Å²) in [7, 11) is 4.64. The van der Waals surface area contributed by atoms with Crippen LogP contribution >= 0.6 is 15.9 Å². The van der Waals surface area contributed by atoms with Crippen molar-refractivity contribution in [2.45, 2.75) is 0 Å². The smallest absolute Gasteiger partial charge is 0.203 e. The molecule has 6 heteroatoms. The van der Waals surface area contributed by atoms with Gasteiger partial charge in [-0.3, -0.25) is 4.99 Å². The van der Waals surface area contributed by atoms with Crippen molar-refractivity contribution in [3.63, 3.8) is 0 Å². The Morgan fingerprint density at radius 1 is 1.00 bits per heavy atom. The van der Waals surface area contributed by atoms with Crippen molar-refractivity contribution in [2.75, 3.05) is 21.3 Å². The van der Waals surface area contributed by atoms with Gasteiger partial charge in [-0.25, -0.2) is 0 Å². The van der Waals surface area contributed by atoms with E-state index in [1.165, 1.54) is 0 Å². The molecule has 0 aliphatic carbocycles. The molecular weight excluding hydrogens is 350 g/mol. The van der Waals surface area contributed by atoms with Gasteiger partial charge in [-0.15, -0.1) is 0 Å². The van der Waals surface area contributed by atoms with Crippen molar-refractivity contribution in [1.82, 2.24) is 0 Å². The van der Waals surface area contributed by atoms with Crippen LogP contribution in [-0.4, -0.2) is 32.7 Å². The van der Waals surface area contributed by atoms with Crippen molar-refractivity contribution in [1.29, 1.82) is 0 Å². The summed E-state index contributed by atoms with van der Waals surface area (Å²) in [5.74, 6) is 1.70. The van der Waals surface area contributed by atoms with Gasteiger partial charge in [-0.1, -0.05) is 15.9 Å². The molecule has 2 rings (SSSR count). The maximum atomic E-state index is 9.82. The van der Waals surface area contributed by atoms with Crippen LogP contribution in [0.5, 0.6) is 23.0 Å². The van der Waals surface area contributed by atoms with E-state index in [-0.39, 0.29) is 5.75 Å². The first kappa shape index (κ1) is 16.2. The van der Waals surface area contributed by atoms with Gasteiger partial charge in [0.2, 0.25) is 5.75 Å². The third-order valence-corrected chi connectivity index (χ3v) is 3.49. The molecule has 2 aromatic carbocycles. The second-order valence-electron chi connectivity index (χ2n) is 4.34. The number of ether oxygens (including phenoxy) is 3. The molecule has 0 radical (unpaired) electrons. The van der Waals surface area contributed by atoms with Crippen LogP contribution in [0.1, 0.15) is 5.56 Å². The van der Waals surface area contributed by atoms with Crippen LogP contribution in [0.15, 0.2) is 39.8 Å². The molecule has 5 nitrogen and oxygen atoms in total. The molecule has 0 spiro atoms. The molecule has 0 aromatic heterocycles. The second kappa shape index (κ2) is 7.17. The normalized spacial score (nSPS) is 10.7. The minimum Gasteiger partial charge on any atom is -0.507 e. The van der Waals surface area contributed by atoms with Gasteiger partial charge in [-0.05, 0) is 18.2 Å². The fourth-order valence-electron chi connectivity index (χ4n) is 1.91. The molecule has 0 unspecified atom stereocenters. The van der Waals surface area contributed by atoms with E-state index in [2.05, 4.69) is 20.9 Å². The number of phenols is 1. The quantitative estimate of drug-likeness (QED) is 0.815. The molecule has 116 valence electrons. The summed E-state index contributed by atoms with van der Waals surface area (Å²) in [6.07, 6.45) is 1.57. The maximum absolute atomic E-state index is 9.82. The van der Waals surface area contributed by atoms with E-state index in [0.717, 1.165) is 4.47 Å². The molecule has 2 aromatic rings. The minimum absolute atomic E-state index is 0.152. The lowest BCUT2D eigenvalue weighted by Gasteiger charge is -2.12. The lowest BCUT2D eigenvalue weighted by atomic mass is 10.2. The van der Waals surface area contributed by atoms with Crippen molar-refractivity contribution in [3.05, 3.63) is 40.4 Å². The summed E-state index contributed by atoms with van der Waals surface area (Å²) in [6, 6.07) is 8.59. The highest BCUT2D eigenvalue weighted by atomic mass is 79.9. The van der Waals surface area contributed by atoms with Gasteiger partial charge >= 0.3 is 0 Å². The lowest BCUT2D eigenvalue weighted by Crippen LogP contribution is -1.94. The molecular formula is C16H16BrNO4. The van der Waals surface area contributed by atoms with E-state index >= 15 is 0 Å². The molecule has 0 saturated heterocycles. The van der Waals surface area contributed by atoms with Gasteiger partial charge in [0.1, 0.15) is 5.75 Å². The van der Waals surface area contributed by atoms with E-state index in [0.29, 0.717) is 28.5 Å². The molecule has 0 fully saturated rings. The Balaban J connectivity index is 2.40. The standard InChI is InChI=1S/C16H16BrNO4/c1-20-14-7-12(8-15(21-2)16(14)22-3)18-9-10-6-11(17)4-5-13(10)19/h4-9,19H,1-3H3/b18-9+. The number of aliphatic imine (C=N–C) groups is 1. The van der Waals surface area contributed by atoms with Gasteiger partial charge in [0, 0.05) is 28.4 Å². The van der Waals surface area contributed by atoms with Crippen LogP contribution in [0, 0.1) is 0 Å². The Morgan fingerprint density at radius 2 is 1.64 bits per heavy atom. The van der Waals surface area contributed by atoms with Crippen molar-refractivity contribution in [2.24, 2.45) is 4.99 Å². The molecule has 0 heterocycles. The Morgan fingerprint density at radius 3 is 2.18 bits per heavy atom. The van der Waals surface area contributed by atoms with Gasteiger partial charge < -0.3 is 19.3 Å². The summed E-state index contributed by atoms with van der Waals surface area (Å²) in [5, 5.41) is 9.82. The molecule has 0 aliphatic rings. The third kappa shape index (κ3) is 3.51. The number of hydrogen-bond donors (Lipinski definition) is 1. The van der Waals surface area contributed by atoms with E-state index in [9.17, 15) is 5.11 Å². The molecule has 0 saturated carbocycles. The third-order valence-electron chi connectivity index (χ3n) is 2.99. The minimum atomic E-state index is 0.152. The first-order chi connectivity index (χ1) is 10.6. The maximum Gasteiger partial charge on any atom is 0.203 e. The summed E-state index contributed by atoms with van der Waals surface area (Å²) in [6.45, 7) is 0. The molecule has 0 atom stereocenters. The summed E-state index contributed by atoms with van der Waals surface area (Å²) in [4.78, 5) is 4.35. The highest BCUT2D eigenvalue weighted by molar-refractivity contribution is 9.10. The van der Waals surface area contributed by atoms with E-state index in [1.54, 1.807) is 57.9 Å². The van der Waals surface area contributed by atoms with Gasteiger partial charge in [0.25, 0.3) is 0 Å². The topological polar surface area (TPSA) is 60.3 Å². The lowest BCUT2D eigenvalue weighted by molar-refractivity contribution is 0.324. The fourth-order valence-corrected chi connectivity index (χ4v) is 2.29. The fraction of sp³-hybridized carbons (Fsp3) is 0.188. The van der Waals surface area contributed by atoms with Crippen LogP contribution in [0.4, 0.5) is 5.69 Å². The Hall–Kier alpha value is -2.21. The number of halogens is 1. The number of phenolic OH excluding ortho intramolecular Hbond substituents is 1. The van der Waals surface area contributed by atoms with Crippen LogP contribution in [0.3, 0.4) is 0 Å². The highest BCUT2D eigenvalue weighted by Crippen LogP contribution is 2.40. The monoisotopic (exact) mass is 365 g/mol. The molecule has 1 N–H and O–H groups in total. The van der Waals surface area contributed by atoms with E-state index in [4.69, 9.17) is 14.2 Å². The number of rotatable bonds is 5. The number of hydrogen-bond acceptors (Lipinski definition) is 5. The van der Waals surface area contributed by atoms with Crippen molar-refractivity contribution < 1.29 is 19.3 Å². The SMILES string of the molecule is COc1cc(/N=C/c2cc(Br)ccc2O)cc(OC)c1OC. The zero-order chi connectivity index (χ0) is 16.1. The average Bonchev–Trinajstić information content (AvgIpc) is 2.54. The van der Waals surface area contributed by atoms with Gasteiger partial charge in [0.15, 0.2) is 11.5 Å². The first-order valence-electron chi connectivity index (χ1n) is 6.41. The van der Waals surface area contributed by atoms with Crippen molar-refractivity contribution in [3.8, 4) is 23.0 Å². The van der Waals surface area contributed by atoms with Crippen molar-refractivity contribution >= 4 is 27.8 Å². The summed E-state index contributed by atoms with van der Waals surface area (Å²) >= 11 is 3.36. The van der Waals surface area contributed by atoms with Crippen LogP contribution in [0.2, 0.25) is 0 Å². The van der Waals surface area contributed by atoms with Gasteiger partial charge in [0.05, 0.1) is 27.0 Å². The average molecular weight is 366 g/mol. The van der Waals surface area contributed by atoms with Crippen LogP contribution < -0.4 is 14.2 Å². The summed E-state index contributed by atoms with van der Waals surface area (Å²) in [5.41, 5.74) is 1.22. The molecule has 0 bridgehead atoms. The van der Waals surface area contributed by atoms with E-state index < -0.39 is 0 Å². The predicted molar refractivity (Wildman–Crippen MR) is 89.2 cm³/mol. The predicted octanol–water partition coefficient (Wildman–Crippen LogP) is 3.93. The molecule has 0 amide bonds. The number of benzene rings is 2. The zero-order valence-corrected chi connectivity index (χ0v) is 14.0. The summed E-state index contributed by atoms with van der Waals surface area (Å²) < 4.78 is 16.7. The number of nitrogens with zero attached hydrogens (tertiary/aromatic N) is 1. The van der Waals surface area contributed by atoms with Crippen LogP contribution in [-0.2, 0) is 0 Å².